The summed E-state index contributed by atoms with van der Waals surface area (Å²) < 4.78 is 1.76. The van der Waals surface area contributed by atoms with E-state index in [1.165, 1.54) is 6.20 Å². The van der Waals surface area contributed by atoms with Crippen LogP contribution >= 0.6 is 22.9 Å². The van der Waals surface area contributed by atoms with Gasteiger partial charge in [0.05, 0.1) is 22.1 Å². The van der Waals surface area contributed by atoms with Crippen molar-refractivity contribution in [1.29, 1.82) is 0 Å². The maximum absolute atomic E-state index is 13.3. The van der Waals surface area contributed by atoms with E-state index in [0.717, 1.165) is 41.9 Å². The number of nitrogens with zero attached hydrogens (tertiary/aromatic N) is 4. The molecule has 0 spiro atoms. The number of amides is 2. The van der Waals surface area contributed by atoms with Crippen LogP contribution in [0.15, 0.2) is 36.0 Å². The summed E-state index contributed by atoms with van der Waals surface area (Å²) in [4.78, 5) is 33.1. The average Bonchev–Trinajstić information content (AvgIpc) is 3.62. The Bertz CT molecular complexity index is 1340. The summed E-state index contributed by atoms with van der Waals surface area (Å²) in [7, 11) is 0. The molecule has 1 saturated carbocycles. The molecule has 9 heteroatoms. The van der Waals surface area contributed by atoms with Gasteiger partial charge >= 0.3 is 0 Å². The zero-order valence-corrected chi connectivity index (χ0v) is 22.1. The molecule has 2 fully saturated rings. The van der Waals surface area contributed by atoms with E-state index in [9.17, 15) is 9.59 Å². The highest BCUT2D eigenvalue weighted by Crippen LogP contribution is 2.44. The first-order valence-electron chi connectivity index (χ1n) is 12.2. The van der Waals surface area contributed by atoms with Crippen LogP contribution in [0.4, 0.5) is 5.82 Å². The largest absolute Gasteiger partial charge is 0.342 e. The maximum Gasteiger partial charge on any atom is 0.276 e. The zero-order chi connectivity index (χ0) is 25.4. The Labute approximate surface area is 219 Å². The van der Waals surface area contributed by atoms with E-state index in [2.05, 4.69) is 27.2 Å². The summed E-state index contributed by atoms with van der Waals surface area (Å²) in [6.07, 6.45) is 4.94. The number of nitrogens with one attached hydrogen (secondary N) is 1. The lowest BCUT2D eigenvalue weighted by Gasteiger charge is -2.22. The summed E-state index contributed by atoms with van der Waals surface area (Å²) in [6, 6.07) is 5.92. The molecule has 0 bridgehead atoms. The fourth-order valence-corrected chi connectivity index (χ4v) is 6.05. The number of halogens is 1. The molecular formula is C27H28ClN5O2S. The first-order chi connectivity index (χ1) is 17.3. The van der Waals surface area contributed by atoms with Gasteiger partial charge in [0.2, 0.25) is 5.91 Å². The van der Waals surface area contributed by atoms with E-state index in [0.29, 0.717) is 28.4 Å². The second-order valence-electron chi connectivity index (χ2n) is 9.90. The number of fused-ring (bicyclic) bond motifs is 1. The van der Waals surface area contributed by atoms with Crippen LogP contribution in [0.3, 0.4) is 0 Å². The third-order valence-electron chi connectivity index (χ3n) is 7.00. The quantitative estimate of drug-likeness (QED) is 0.489. The molecule has 1 unspecified atom stereocenters. The van der Waals surface area contributed by atoms with Crippen molar-refractivity contribution in [1.82, 2.24) is 19.7 Å². The number of aryl methyl sites for hydroxylation is 1. The Kier molecular flexibility index (Phi) is 6.87. The highest BCUT2D eigenvalue weighted by molar-refractivity contribution is 7.10. The number of hydrogen-bond donors (Lipinski definition) is 1. The number of carbonyl (C=O) groups excluding carboxylic acids is 2. The minimum atomic E-state index is -0.334. The van der Waals surface area contributed by atoms with Crippen LogP contribution in [0.1, 0.15) is 59.2 Å². The lowest BCUT2D eigenvalue weighted by molar-refractivity contribution is -0.133. The van der Waals surface area contributed by atoms with E-state index < -0.39 is 0 Å². The van der Waals surface area contributed by atoms with Crippen LogP contribution in [0.5, 0.6) is 0 Å². The predicted octanol–water partition coefficient (Wildman–Crippen LogP) is 5.02. The topological polar surface area (TPSA) is 80.1 Å². The normalized spacial score (nSPS) is 20.8. The molecule has 3 atom stereocenters. The van der Waals surface area contributed by atoms with Crippen molar-refractivity contribution in [3.8, 4) is 11.8 Å². The van der Waals surface area contributed by atoms with Crippen LogP contribution in [0.25, 0.3) is 0 Å². The molecule has 3 aromatic rings. The summed E-state index contributed by atoms with van der Waals surface area (Å²) >= 11 is 8.01. The number of thiophene rings is 1. The molecule has 1 aliphatic heterocycles. The molecule has 1 aliphatic carbocycles. The van der Waals surface area contributed by atoms with Crippen LogP contribution < -0.4 is 5.32 Å². The molecule has 0 aromatic carbocycles. The minimum absolute atomic E-state index is 0.0130. The fraction of sp³-hybridized carbons (Fsp3) is 0.407. The highest BCUT2D eigenvalue weighted by Gasteiger charge is 2.44. The van der Waals surface area contributed by atoms with E-state index >= 15 is 0 Å². The van der Waals surface area contributed by atoms with Gasteiger partial charge in [-0.05, 0) is 54.7 Å². The first kappa shape index (κ1) is 24.5. The fourth-order valence-electron chi connectivity index (χ4n) is 5.27. The average molecular weight is 522 g/mol. The minimum Gasteiger partial charge on any atom is -0.342 e. The van der Waals surface area contributed by atoms with Crippen molar-refractivity contribution in [2.75, 3.05) is 18.4 Å². The maximum atomic E-state index is 13.3. The number of pyridine rings is 1. The molecule has 4 heterocycles. The van der Waals surface area contributed by atoms with E-state index in [1.54, 1.807) is 22.2 Å². The van der Waals surface area contributed by atoms with Gasteiger partial charge in [-0.1, -0.05) is 43.4 Å². The lowest BCUT2D eigenvalue weighted by atomic mass is 10.0. The van der Waals surface area contributed by atoms with Crippen molar-refractivity contribution >= 4 is 40.6 Å². The van der Waals surface area contributed by atoms with Gasteiger partial charge in [-0.25, -0.2) is 4.98 Å². The molecule has 5 rings (SSSR count). The van der Waals surface area contributed by atoms with Crippen molar-refractivity contribution in [2.45, 2.75) is 39.7 Å². The van der Waals surface area contributed by atoms with Gasteiger partial charge in [-0.15, -0.1) is 11.3 Å². The molecule has 1 saturated heterocycles. The molecule has 2 aliphatic rings. The van der Waals surface area contributed by atoms with Gasteiger partial charge < -0.3 is 10.2 Å². The van der Waals surface area contributed by atoms with Gasteiger partial charge in [0, 0.05) is 30.8 Å². The second kappa shape index (κ2) is 10.1. The Hall–Kier alpha value is -3.15. The van der Waals surface area contributed by atoms with Crippen molar-refractivity contribution < 1.29 is 9.59 Å². The monoisotopic (exact) mass is 521 g/mol. The number of hydrogen-bond acceptors (Lipinski definition) is 5. The third kappa shape index (κ3) is 4.91. The zero-order valence-electron chi connectivity index (χ0n) is 20.5. The van der Waals surface area contributed by atoms with Crippen LogP contribution in [0, 0.1) is 36.5 Å². The van der Waals surface area contributed by atoms with Crippen LogP contribution in [-0.2, 0) is 4.79 Å². The van der Waals surface area contributed by atoms with Crippen molar-refractivity contribution in [3.63, 3.8) is 0 Å². The highest BCUT2D eigenvalue weighted by atomic mass is 35.5. The van der Waals surface area contributed by atoms with Crippen molar-refractivity contribution in [3.05, 3.63) is 62.7 Å². The SMILES string of the molecule is Cc1cc(C#Cc2cccs2)cnc1NC(=O)c1c(Cl)cnn1C1C[C@@H]2CN(C(=O)C(C)C)C[C@@H]2C1. The molecule has 1 N–H and O–H groups in total. The molecule has 0 radical (unpaired) electrons. The summed E-state index contributed by atoms with van der Waals surface area (Å²) in [6.45, 7) is 7.33. The van der Waals surface area contributed by atoms with Crippen LogP contribution in [0.2, 0.25) is 5.02 Å². The van der Waals surface area contributed by atoms with Gasteiger partial charge in [0.15, 0.2) is 0 Å². The number of aromatic nitrogens is 3. The molecule has 36 heavy (non-hydrogen) atoms. The standard InChI is InChI=1S/C27H28ClN5O2S/c1-16(2)27(35)32-14-19-10-21(11-20(19)15-32)33-24(23(28)13-30-33)26(34)31-25-17(3)9-18(12-29-25)6-7-22-5-4-8-36-22/h4-5,8-9,12-13,16,19-21H,10-11,14-15H2,1-3H3,(H,29,31,34)/t19-,20+,21?. The van der Waals surface area contributed by atoms with Gasteiger partial charge in [0.25, 0.3) is 5.91 Å². The molecular weight excluding hydrogens is 494 g/mol. The van der Waals surface area contributed by atoms with Gasteiger partial charge in [0.1, 0.15) is 11.5 Å². The molecule has 3 aromatic heterocycles. The lowest BCUT2D eigenvalue weighted by Crippen LogP contribution is -2.33. The smallest absolute Gasteiger partial charge is 0.276 e. The summed E-state index contributed by atoms with van der Waals surface area (Å²) in [5.41, 5.74) is 1.94. The van der Waals surface area contributed by atoms with E-state index in [-0.39, 0.29) is 23.8 Å². The van der Waals surface area contributed by atoms with Gasteiger partial charge in [-0.2, -0.15) is 5.10 Å². The molecule has 7 nitrogen and oxygen atoms in total. The predicted molar refractivity (Wildman–Crippen MR) is 141 cm³/mol. The van der Waals surface area contributed by atoms with E-state index in [1.807, 2.05) is 49.3 Å². The molecule has 2 amide bonds. The van der Waals surface area contributed by atoms with E-state index in [4.69, 9.17) is 11.6 Å². The number of rotatable bonds is 4. The van der Waals surface area contributed by atoms with Crippen molar-refractivity contribution in [2.24, 2.45) is 17.8 Å². The van der Waals surface area contributed by atoms with Crippen LogP contribution in [-0.4, -0.2) is 44.6 Å². The van der Waals surface area contributed by atoms with Gasteiger partial charge in [-0.3, -0.25) is 14.3 Å². The third-order valence-corrected chi connectivity index (χ3v) is 8.07. The summed E-state index contributed by atoms with van der Waals surface area (Å²) in [5, 5.41) is 9.67. The second-order valence-corrected chi connectivity index (χ2v) is 11.3. The number of likely N-dealkylation sites (tertiary alicyclic amines) is 1. The Balaban J connectivity index is 1.28. The number of anilines is 1. The first-order valence-corrected chi connectivity index (χ1v) is 13.4. The Morgan fingerprint density at radius 2 is 1.94 bits per heavy atom. The Morgan fingerprint density at radius 1 is 1.19 bits per heavy atom. The number of carbonyl (C=O) groups is 2. The molecule has 186 valence electrons. The Morgan fingerprint density at radius 3 is 2.58 bits per heavy atom. The summed E-state index contributed by atoms with van der Waals surface area (Å²) in [5.74, 6) is 7.44.